The van der Waals surface area contributed by atoms with Crippen molar-refractivity contribution in [2.75, 3.05) is 18.6 Å². The average Bonchev–Trinajstić information content (AvgIpc) is 3.66. The fourth-order valence-corrected chi connectivity index (χ4v) is 6.35. The number of methoxy groups -OCH3 is 1. The molecule has 0 saturated heterocycles. The van der Waals surface area contributed by atoms with Gasteiger partial charge in [0.15, 0.2) is 0 Å². The number of esters is 1. The van der Waals surface area contributed by atoms with Gasteiger partial charge >= 0.3 is 12.3 Å². The van der Waals surface area contributed by atoms with E-state index in [1.165, 1.54) is 31.4 Å². The molecule has 8 nitrogen and oxygen atoms in total. The smallest absolute Gasteiger partial charge is 0.496 e. The Morgan fingerprint density at radius 1 is 1.02 bits per heavy atom. The number of carbonyl (C=O) groups excluding carboxylic acids is 3. The fraction of sp³-hybridized carbons (Fsp3) is 0.500. The van der Waals surface area contributed by atoms with Gasteiger partial charge in [0.05, 0.1) is 31.7 Å². The zero-order chi connectivity index (χ0) is 30.2. The van der Waals surface area contributed by atoms with Crippen molar-refractivity contribution in [2.24, 2.45) is 5.92 Å². The molecule has 3 atom stereocenters. The van der Waals surface area contributed by atoms with E-state index in [9.17, 15) is 31.9 Å². The molecule has 0 radical (unpaired) electrons. The molecular weight excluding hydrogens is 560 g/mol. The highest BCUT2D eigenvalue weighted by Crippen LogP contribution is 2.53. The normalized spacial score (nSPS) is 21.3. The molecule has 1 aliphatic heterocycles. The van der Waals surface area contributed by atoms with E-state index in [2.05, 4.69) is 4.74 Å². The standard InChI is InChI=1S/C30H32F4N2O6/c1-3-41-27(38)14-13-26(37)35(18-8-9-18)28-20-5-4-6-23(20)36(24-12-7-17(31)15-22(24)28)29(39)21-11-10-19(16-25(21)40-2)42-30(32,33)34/h7,10-12,15-16,18,20,23,28H,3-6,8-9,13-14H2,1-2H3. The number of nitrogens with zero attached hydrogens (tertiary/aromatic N) is 2. The van der Waals surface area contributed by atoms with Gasteiger partial charge in [-0.3, -0.25) is 14.4 Å². The molecule has 5 rings (SSSR count). The summed E-state index contributed by atoms with van der Waals surface area (Å²) in [5.41, 5.74) is 0.936. The molecule has 0 aromatic heterocycles. The van der Waals surface area contributed by atoms with Crippen LogP contribution in [0.3, 0.4) is 0 Å². The topological polar surface area (TPSA) is 85.4 Å². The summed E-state index contributed by atoms with van der Waals surface area (Å²) in [6.45, 7) is 1.91. The highest BCUT2D eigenvalue weighted by molar-refractivity contribution is 6.09. The van der Waals surface area contributed by atoms with Crippen molar-refractivity contribution in [3.8, 4) is 11.5 Å². The number of halogens is 4. The van der Waals surface area contributed by atoms with Crippen LogP contribution >= 0.6 is 0 Å². The Hall–Kier alpha value is -3.83. The summed E-state index contributed by atoms with van der Waals surface area (Å²) in [5.74, 6) is -2.57. The van der Waals surface area contributed by atoms with Crippen LogP contribution in [-0.4, -0.2) is 54.8 Å². The second-order valence-corrected chi connectivity index (χ2v) is 10.7. The largest absolute Gasteiger partial charge is 0.573 e. The Morgan fingerprint density at radius 2 is 1.79 bits per heavy atom. The van der Waals surface area contributed by atoms with Crippen molar-refractivity contribution in [3.63, 3.8) is 0 Å². The van der Waals surface area contributed by atoms with Crippen LogP contribution in [0, 0.1) is 11.7 Å². The maximum absolute atomic E-state index is 14.8. The predicted molar refractivity (Wildman–Crippen MR) is 142 cm³/mol. The lowest BCUT2D eigenvalue weighted by molar-refractivity contribution is -0.274. The van der Waals surface area contributed by atoms with Crippen LogP contribution in [0.2, 0.25) is 0 Å². The van der Waals surface area contributed by atoms with Crippen molar-refractivity contribution in [2.45, 2.75) is 76.4 Å². The lowest BCUT2D eigenvalue weighted by Gasteiger charge is -2.48. The Morgan fingerprint density at radius 3 is 2.45 bits per heavy atom. The number of anilines is 1. The van der Waals surface area contributed by atoms with Gasteiger partial charge in [-0.25, -0.2) is 4.39 Å². The number of amides is 2. The maximum atomic E-state index is 14.8. The minimum absolute atomic E-state index is 0.0240. The molecule has 1 heterocycles. The number of carbonyl (C=O) groups is 3. The quantitative estimate of drug-likeness (QED) is 0.265. The molecule has 3 unspecified atom stereocenters. The van der Waals surface area contributed by atoms with Gasteiger partial charge in [0.2, 0.25) is 5.91 Å². The van der Waals surface area contributed by atoms with E-state index in [1.54, 1.807) is 16.7 Å². The number of hydrogen-bond donors (Lipinski definition) is 0. The summed E-state index contributed by atoms with van der Waals surface area (Å²) in [4.78, 5) is 43.1. The van der Waals surface area contributed by atoms with E-state index in [4.69, 9.17) is 9.47 Å². The van der Waals surface area contributed by atoms with Gasteiger partial charge in [-0.05, 0) is 62.9 Å². The molecule has 0 N–H and O–H groups in total. The first-order valence-electron chi connectivity index (χ1n) is 14.1. The van der Waals surface area contributed by atoms with E-state index in [0.717, 1.165) is 31.4 Å². The minimum Gasteiger partial charge on any atom is -0.496 e. The van der Waals surface area contributed by atoms with E-state index in [0.29, 0.717) is 24.1 Å². The van der Waals surface area contributed by atoms with Crippen LogP contribution < -0.4 is 14.4 Å². The lowest BCUT2D eigenvalue weighted by Crippen LogP contribution is -2.53. The molecule has 2 aromatic rings. The monoisotopic (exact) mass is 592 g/mol. The van der Waals surface area contributed by atoms with Crippen molar-refractivity contribution in [1.82, 2.24) is 4.90 Å². The number of ether oxygens (including phenoxy) is 3. The Labute approximate surface area is 240 Å². The third-order valence-corrected chi connectivity index (χ3v) is 8.07. The SMILES string of the molecule is CCOC(=O)CCC(=O)N(C1CC1)C1c2cc(F)ccc2N(C(=O)c2ccc(OC(F)(F)F)cc2OC)C2CCCC21. The van der Waals surface area contributed by atoms with E-state index < -0.39 is 35.8 Å². The molecule has 2 amide bonds. The molecule has 42 heavy (non-hydrogen) atoms. The highest BCUT2D eigenvalue weighted by Gasteiger charge is 2.51. The lowest BCUT2D eigenvalue weighted by atomic mass is 9.81. The molecule has 12 heteroatoms. The summed E-state index contributed by atoms with van der Waals surface area (Å²) in [6.07, 6.45) is -1.39. The zero-order valence-corrected chi connectivity index (χ0v) is 23.3. The minimum atomic E-state index is -4.92. The van der Waals surface area contributed by atoms with Crippen LogP contribution in [0.5, 0.6) is 11.5 Å². The average molecular weight is 593 g/mol. The maximum Gasteiger partial charge on any atom is 0.573 e. The summed E-state index contributed by atoms with van der Waals surface area (Å²) >= 11 is 0. The van der Waals surface area contributed by atoms with Gasteiger partial charge in [-0.1, -0.05) is 6.42 Å². The second-order valence-electron chi connectivity index (χ2n) is 10.7. The highest BCUT2D eigenvalue weighted by atomic mass is 19.4. The predicted octanol–water partition coefficient (Wildman–Crippen LogP) is 5.94. The molecule has 0 spiro atoms. The first-order valence-corrected chi connectivity index (χ1v) is 14.1. The third-order valence-electron chi connectivity index (χ3n) is 8.07. The molecule has 0 bridgehead atoms. The van der Waals surface area contributed by atoms with E-state index in [1.807, 2.05) is 0 Å². The Bertz CT molecular complexity index is 1360. The van der Waals surface area contributed by atoms with Gasteiger partial charge in [0.25, 0.3) is 5.91 Å². The summed E-state index contributed by atoms with van der Waals surface area (Å²) in [5, 5.41) is 0. The van der Waals surface area contributed by atoms with Gasteiger partial charge in [0, 0.05) is 41.7 Å². The van der Waals surface area contributed by atoms with Gasteiger partial charge in [-0.15, -0.1) is 13.2 Å². The van der Waals surface area contributed by atoms with Gasteiger partial charge in [0.1, 0.15) is 17.3 Å². The third kappa shape index (κ3) is 6.03. The van der Waals surface area contributed by atoms with Crippen LogP contribution in [0.15, 0.2) is 36.4 Å². The fourth-order valence-electron chi connectivity index (χ4n) is 6.35. The number of fused-ring (bicyclic) bond motifs is 2. The molecule has 2 fully saturated rings. The Balaban J connectivity index is 1.53. The first kappa shape index (κ1) is 29.7. The zero-order valence-electron chi connectivity index (χ0n) is 23.3. The second kappa shape index (κ2) is 11.8. The van der Waals surface area contributed by atoms with E-state index >= 15 is 0 Å². The number of benzene rings is 2. The molecule has 2 aliphatic carbocycles. The van der Waals surface area contributed by atoms with Crippen molar-refractivity contribution >= 4 is 23.5 Å². The van der Waals surface area contributed by atoms with E-state index in [-0.39, 0.29) is 54.7 Å². The molecule has 2 saturated carbocycles. The molecule has 3 aliphatic rings. The number of hydrogen-bond acceptors (Lipinski definition) is 6. The van der Waals surface area contributed by atoms with Crippen LogP contribution in [0.25, 0.3) is 0 Å². The van der Waals surface area contributed by atoms with Crippen LogP contribution in [0.1, 0.15) is 73.8 Å². The summed E-state index contributed by atoms with van der Waals surface area (Å²) in [6, 6.07) is 6.46. The van der Waals surface area contributed by atoms with Gasteiger partial charge < -0.3 is 24.0 Å². The summed E-state index contributed by atoms with van der Waals surface area (Å²) in [7, 11) is 1.24. The number of alkyl halides is 3. The Kier molecular flexibility index (Phi) is 8.34. The molecular formula is C30H32F4N2O6. The van der Waals surface area contributed by atoms with Crippen molar-refractivity contribution < 1.29 is 46.2 Å². The number of rotatable bonds is 9. The van der Waals surface area contributed by atoms with Gasteiger partial charge in [-0.2, -0.15) is 0 Å². The van der Waals surface area contributed by atoms with Crippen LogP contribution in [-0.2, 0) is 14.3 Å². The van der Waals surface area contributed by atoms with Crippen molar-refractivity contribution in [1.29, 1.82) is 0 Å². The van der Waals surface area contributed by atoms with Crippen molar-refractivity contribution in [3.05, 3.63) is 53.3 Å². The van der Waals surface area contributed by atoms with Crippen LogP contribution in [0.4, 0.5) is 23.2 Å². The molecule has 2 aromatic carbocycles. The summed E-state index contributed by atoms with van der Waals surface area (Å²) < 4.78 is 67.4. The first-order chi connectivity index (χ1) is 20.0. The molecule has 226 valence electrons.